The SMILES string of the molecule is C=Cc1nc(C)sc1/C=C\C.CC.CC.Cc1cc2ccccc2s1. The average molecular weight is 374 g/mol. The summed E-state index contributed by atoms with van der Waals surface area (Å²) in [6, 6.07) is 10.7. The van der Waals surface area contributed by atoms with Crippen molar-refractivity contribution in [1.29, 1.82) is 0 Å². The monoisotopic (exact) mass is 373 g/mol. The number of aryl methyl sites for hydroxylation is 2. The molecule has 0 aliphatic rings. The molecule has 3 aromatic rings. The fourth-order valence-corrected chi connectivity index (χ4v) is 3.81. The summed E-state index contributed by atoms with van der Waals surface area (Å²) in [5, 5.41) is 2.46. The third-order valence-electron chi connectivity index (χ3n) is 2.85. The summed E-state index contributed by atoms with van der Waals surface area (Å²) in [7, 11) is 0. The molecule has 136 valence electrons. The number of hydrogen-bond acceptors (Lipinski definition) is 3. The van der Waals surface area contributed by atoms with E-state index in [1.54, 1.807) is 17.4 Å². The van der Waals surface area contributed by atoms with Crippen LogP contribution in [0, 0.1) is 13.8 Å². The zero-order valence-corrected chi connectivity index (χ0v) is 18.2. The van der Waals surface area contributed by atoms with E-state index in [0.717, 1.165) is 10.7 Å². The minimum atomic E-state index is 0.991. The maximum Gasteiger partial charge on any atom is 0.0907 e. The molecule has 0 unspecified atom stereocenters. The van der Waals surface area contributed by atoms with E-state index >= 15 is 0 Å². The summed E-state index contributed by atoms with van der Waals surface area (Å²) in [6.07, 6.45) is 5.86. The number of benzene rings is 1. The molecule has 1 nitrogen and oxygen atoms in total. The van der Waals surface area contributed by atoms with Gasteiger partial charge in [-0.15, -0.1) is 22.7 Å². The molecule has 3 heteroatoms. The predicted molar refractivity (Wildman–Crippen MR) is 121 cm³/mol. The van der Waals surface area contributed by atoms with Crippen LogP contribution in [-0.2, 0) is 0 Å². The Hall–Kier alpha value is -1.71. The molecular formula is C22H31NS2. The Morgan fingerprint density at radius 3 is 2.20 bits per heavy atom. The van der Waals surface area contributed by atoms with Crippen LogP contribution in [0.1, 0.15) is 55.1 Å². The summed E-state index contributed by atoms with van der Waals surface area (Å²) < 4.78 is 1.39. The molecule has 0 aliphatic heterocycles. The van der Waals surface area contributed by atoms with E-state index in [9.17, 15) is 0 Å². The maximum absolute atomic E-state index is 4.30. The van der Waals surface area contributed by atoms with Crippen LogP contribution in [-0.4, -0.2) is 4.98 Å². The molecule has 0 bridgehead atoms. The molecule has 0 spiro atoms. The Kier molecular flexibility index (Phi) is 12.6. The van der Waals surface area contributed by atoms with Crippen LogP contribution in [0.3, 0.4) is 0 Å². The van der Waals surface area contributed by atoms with Gasteiger partial charge in [0, 0.05) is 9.58 Å². The number of allylic oxidation sites excluding steroid dienone is 1. The molecule has 25 heavy (non-hydrogen) atoms. The van der Waals surface area contributed by atoms with Crippen molar-refractivity contribution in [2.24, 2.45) is 0 Å². The maximum atomic E-state index is 4.30. The lowest BCUT2D eigenvalue weighted by molar-refractivity contribution is 1.27. The number of hydrogen-bond donors (Lipinski definition) is 0. The van der Waals surface area contributed by atoms with Gasteiger partial charge in [0.25, 0.3) is 0 Å². The average Bonchev–Trinajstić information content (AvgIpc) is 3.20. The summed E-state index contributed by atoms with van der Waals surface area (Å²) in [6.45, 7) is 17.8. The molecule has 0 saturated carbocycles. The van der Waals surface area contributed by atoms with E-state index < -0.39 is 0 Å². The Bertz CT molecular complexity index is 730. The fraction of sp³-hybridized carbons (Fsp3) is 0.318. The first-order chi connectivity index (χ1) is 12.1. The molecule has 2 aromatic heterocycles. The molecule has 1 aromatic carbocycles. The zero-order chi connectivity index (χ0) is 19.2. The van der Waals surface area contributed by atoms with Crippen LogP contribution < -0.4 is 0 Å². The minimum Gasteiger partial charge on any atom is -0.242 e. The largest absolute Gasteiger partial charge is 0.242 e. The van der Waals surface area contributed by atoms with Crippen LogP contribution in [0.25, 0.3) is 22.2 Å². The van der Waals surface area contributed by atoms with Crippen molar-refractivity contribution in [1.82, 2.24) is 4.98 Å². The topological polar surface area (TPSA) is 12.9 Å². The lowest BCUT2D eigenvalue weighted by atomic mass is 10.2. The van der Waals surface area contributed by atoms with Gasteiger partial charge in [-0.1, -0.05) is 58.5 Å². The van der Waals surface area contributed by atoms with Gasteiger partial charge in [-0.05, 0) is 50.4 Å². The van der Waals surface area contributed by atoms with Gasteiger partial charge in [0.15, 0.2) is 0 Å². The van der Waals surface area contributed by atoms with Crippen molar-refractivity contribution in [3.05, 3.63) is 63.4 Å². The molecule has 0 saturated heterocycles. The van der Waals surface area contributed by atoms with Gasteiger partial charge in [0.2, 0.25) is 0 Å². The molecule has 0 N–H and O–H groups in total. The van der Waals surface area contributed by atoms with E-state index in [-0.39, 0.29) is 0 Å². The van der Waals surface area contributed by atoms with E-state index in [2.05, 4.69) is 54.9 Å². The molecule has 2 heterocycles. The van der Waals surface area contributed by atoms with Crippen LogP contribution in [0.4, 0.5) is 0 Å². The van der Waals surface area contributed by atoms with Crippen molar-refractivity contribution in [2.45, 2.75) is 48.5 Å². The van der Waals surface area contributed by atoms with Gasteiger partial charge in [-0.3, -0.25) is 0 Å². The van der Waals surface area contributed by atoms with Crippen molar-refractivity contribution < 1.29 is 0 Å². The first-order valence-corrected chi connectivity index (χ1v) is 10.4. The molecule has 0 fully saturated rings. The smallest absolute Gasteiger partial charge is 0.0907 e. The number of rotatable bonds is 2. The summed E-state index contributed by atoms with van der Waals surface area (Å²) in [4.78, 5) is 6.88. The van der Waals surface area contributed by atoms with Gasteiger partial charge in [0.1, 0.15) is 0 Å². The van der Waals surface area contributed by atoms with Crippen molar-refractivity contribution in [3.8, 4) is 0 Å². The predicted octanol–water partition coefficient (Wildman–Crippen LogP) is 8.39. The van der Waals surface area contributed by atoms with Crippen LogP contribution in [0.15, 0.2) is 43.0 Å². The fourth-order valence-electron chi connectivity index (χ4n) is 1.99. The molecule has 3 rings (SSSR count). The first kappa shape index (κ1) is 23.3. The summed E-state index contributed by atoms with van der Waals surface area (Å²) >= 11 is 3.55. The quantitative estimate of drug-likeness (QED) is 0.439. The highest BCUT2D eigenvalue weighted by atomic mass is 32.1. The minimum absolute atomic E-state index is 0.991. The zero-order valence-electron chi connectivity index (χ0n) is 16.6. The molecular weight excluding hydrogens is 342 g/mol. The van der Waals surface area contributed by atoms with E-state index in [1.165, 1.54) is 19.8 Å². The number of thiophene rings is 1. The molecule has 0 radical (unpaired) electrons. The number of fused-ring (bicyclic) bond motifs is 1. The van der Waals surface area contributed by atoms with Gasteiger partial charge in [-0.25, -0.2) is 4.98 Å². The van der Waals surface area contributed by atoms with E-state index in [0.29, 0.717) is 0 Å². The Balaban J connectivity index is 0.000000385. The number of aromatic nitrogens is 1. The lowest BCUT2D eigenvalue weighted by Gasteiger charge is -1.84. The van der Waals surface area contributed by atoms with Crippen molar-refractivity contribution >= 4 is 44.9 Å². The summed E-state index contributed by atoms with van der Waals surface area (Å²) in [5.74, 6) is 0. The Morgan fingerprint density at radius 2 is 1.64 bits per heavy atom. The Morgan fingerprint density at radius 1 is 1.00 bits per heavy atom. The highest BCUT2D eigenvalue weighted by molar-refractivity contribution is 7.19. The second-order valence-corrected chi connectivity index (χ2v) is 7.10. The highest BCUT2D eigenvalue weighted by Crippen LogP contribution is 2.23. The van der Waals surface area contributed by atoms with Crippen molar-refractivity contribution in [3.63, 3.8) is 0 Å². The second kappa shape index (κ2) is 13.6. The third-order valence-corrected chi connectivity index (χ3v) is 4.83. The van der Waals surface area contributed by atoms with Crippen LogP contribution in [0.2, 0.25) is 0 Å². The first-order valence-electron chi connectivity index (χ1n) is 8.81. The number of nitrogens with zero attached hydrogens (tertiary/aromatic N) is 1. The lowest BCUT2D eigenvalue weighted by Crippen LogP contribution is -1.73. The molecule has 0 amide bonds. The van der Waals surface area contributed by atoms with E-state index in [4.69, 9.17) is 0 Å². The standard InChI is InChI=1S/C9H11NS.C9H8S.2C2H6/c1-4-6-9-8(5-2)10-7(3)11-9;1-7-6-8-4-2-3-5-9(8)10-7;2*1-2/h4-6H,2H2,1,3H3;2-6H,1H3;2*1-2H3/b6-4-;;;. The second-order valence-electron chi connectivity index (χ2n) is 4.58. The van der Waals surface area contributed by atoms with E-state index in [1.807, 2.05) is 59.0 Å². The summed E-state index contributed by atoms with van der Waals surface area (Å²) in [5.41, 5.74) is 0.991. The number of thiazole rings is 1. The normalized spacial score (nSPS) is 9.40. The third kappa shape index (κ3) is 7.80. The van der Waals surface area contributed by atoms with Crippen molar-refractivity contribution in [2.75, 3.05) is 0 Å². The highest BCUT2D eigenvalue weighted by Gasteiger charge is 2.00. The van der Waals surface area contributed by atoms with Gasteiger partial charge < -0.3 is 0 Å². The Labute approximate surface area is 161 Å². The molecule has 0 aliphatic carbocycles. The van der Waals surface area contributed by atoms with Gasteiger partial charge >= 0.3 is 0 Å². The molecule has 0 atom stereocenters. The van der Waals surface area contributed by atoms with Gasteiger partial charge in [-0.2, -0.15) is 0 Å². The van der Waals surface area contributed by atoms with Crippen LogP contribution >= 0.6 is 22.7 Å². The van der Waals surface area contributed by atoms with Crippen LogP contribution in [0.5, 0.6) is 0 Å². The van der Waals surface area contributed by atoms with Gasteiger partial charge in [0.05, 0.1) is 15.6 Å².